The molecule has 7 nitrogen and oxygen atoms in total. The minimum Gasteiger partial charge on any atom is -0.459 e. The number of esters is 1. The van der Waals surface area contributed by atoms with Gasteiger partial charge in [-0.2, -0.15) is 17.0 Å². The van der Waals surface area contributed by atoms with E-state index in [0.717, 1.165) is 0 Å². The normalized spacial score (nSPS) is 21.0. The lowest BCUT2D eigenvalue weighted by atomic mass is 10.2. The molecule has 0 aromatic rings. The summed E-state index contributed by atoms with van der Waals surface area (Å²) in [5, 5.41) is 8.80. The molecule has 0 spiro atoms. The number of carbonyl (C=O) groups excluding carboxylic acids is 1. The van der Waals surface area contributed by atoms with E-state index in [1.807, 2.05) is 0 Å². The van der Waals surface area contributed by atoms with Crippen molar-refractivity contribution >= 4 is 16.2 Å². The highest BCUT2D eigenvalue weighted by atomic mass is 32.2. The Labute approximate surface area is 127 Å². The predicted octanol–water partition coefficient (Wildman–Crippen LogP) is 0.352. The van der Waals surface area contributed by atoms with Gasteiger partial charge in [0.1, 0.15) is 11.6 Å². The van der Waals surface area contributed by atoms with Gasteiger partial charge < -0.3 is 9.84 Å². The number of carbonyl (C=O) groups is 1. The Hall–Kier alpha value is -0.700. The second kappa shape index (κ2) is 7.04. The molecule has 0 aliphatic carbocycles. The summed E-state index contributed by atoms with van der Waals surface area (Å²) in [5.41, 5.74) is -0.641. The van der Waals surface area contributed by atoms with E-state index in [1.54, 1.807) is 20.8 Å². The molecule has 124 valence electrons. The quantitative estimate of drug-likeness (QED) is 0.713. The predicted molar refractivity (Wildman–Crippen MR) is 78.8 cm³/mol. The zero-order valence-electron chi connectivity index (χ0n) is 13.2. The molecule has 0 bridgehead atoms. The molecule has 0 aromatic heterocycles. The van der Waals surface area contributed by atoms with E-state index in [-0.39, 0.29) is 13.2 Å². The van der Waals surface area contributed by atoms with Gasteiger partial charge in [-0.15, -0.1) is 0 Å². The Kier molecular flexibility index (Phi) is 6.15. The molecule has 0 amide bonds. The second-order valence-corrected chi connectivity index (χ2v) is 8.20. The maximum Gasteiger partial charge on any atom is 0.325 e. The number of aliphatic hydroxyl groups excluding tert-OH is 1. The summed E-state index contributed by atoms with van der Waals surface area (Å²) in [6, 6.07) is -0.759. The van der Waals surface area contributed by atoms with E-state index >= 15 is 0 Å². The minimum atomic E-state index is -3.71. The zero-order chi connectivity index (χ0) is 16.3. The third-order valence-corrected chi connectivity index (χ3v) is 5.20. The molecule has 0 aromatic carbocycles. The van der Waals surface area contributed by atoms with Gasteiger partial charge in [0.15, 0.2) is 0 Å². The van der Waals surface area contributed by atoms with Gasteiger partial charge in [-0.25, -0.2) is 0 Å². The third kappa shape index (κ3) is 4.91. The fourth-order valence-corrected chi connectivity index (χ4v) is 3.80. The highest BCUT2D eigenvalue weighted by Crippen LogP contribution is 2.25. The zero-order valence-corrected chi connectivity index (χ0v) is 14.0. The molecule has 1 N–H and O–H groups in total. The van der Waals surface area contributed by atoms with Crippen molar-refractivity contribution in [2.45, 2.75) is 51.7 Å². The van der Waals surface area contributed by atoms with Crippen LogP contribution >= 0.6 is 0 Å². The molecule has 1 aliphatic rings. The summed E-state index contributed by atoms with van der Waals surface area (Å²) in [4.78, 5) is 12.2. The summed E-state index contributed by atoms with van der Waals surface area (Å²) in [6.45, 7) is 5.73. The first-order valence-electron chi connectivity index (χ1n) is 7.16. The van der Waals surface area contributed by atoms with Crippen molar-refractivity contribution in [1.29, 1.82) is 0 Å². The summed E-state index contributed by atoms with van der Waals surface area (Å²) >= 11 is 0. The molecule has 0 saturated carbocycles. The van der Waals surface area contributed by atoms with Crippen LogP contribution in [0.25, 0.3) is 0 Å². The van der Waals surface area contributed by atoms with E-state index in [9.17, 15) is 13.2 Å². The molecular weight excluding hydrogens is 296 g/mol. The number of hydrogen-bond donors (Lipinski definition) is 1. The molecule has 1 fully saturated rings. The largest absolute Gasteiger partial charge is 0.459 e. The molecule has 1 atom stereocenters. The molecule has 1 rings (SSSR count). The first-order valence-corrected chi connectivity index (χ1v) is 8.56. The van der Waals surface area contributed by atoms with Crippen molar-refractivity contribution in [2.75, 3.05) is 26.7 Å². The van der Waals surface area contributed by atoms with Crippen LogP contribution in [0.3, 0.4) is 0 Å². The molecular formula is C13H26N2O5S. The van der Waals surface area contributed by atoms with Crippen molar-refractivity contribution in [1.82, 2.24) is 8.61 Å². The van der Waals surface area contributed by atoms with Crippen LogP contribution in [0.4, 0.5) is 0 Å². The number of nitrogens with zero attached hydrogens (tertiary/aromatic N) is 2. The summed E-state index contributed by atoms with van der Waals surface area (Å²) in [7, 11) is -2.25. The summed E-state index contributed by atoms with van der Waals surface area (Å²) < 4.78 is 32.6. The SMILES string of the molecule is CN(CCCO)S(=O)(=O)N1CCC[C@H]1C(=O)OC(C)(C)C. The third-order valence-electron chi connectivity index (χ3n) is 3.20. The summed E-state index contributed by atoms with van der Waals surface area (Å²) in [6.07, 6.45) is 1.47. The van der Waals surface area contributed by atoms with Crippen LogP contribution in [0.15, 0.2) is 0 Å². The van der Waals surface area contributed by atoms with Crippen LogP contribution in [-0.2, 0) is 19.7 Å². The number of ether oxygens (including phenoxy) is 1. The number of rotatable bonds is 6. The van der Waals surface area contributed by atoms with Crippen molar-refractivity contribution < 1.29 is 23.1 Å². The van der Waals surface area contributed by atoms with Crippen LogP contribution in [0.2, 0.25) is 0 Å². The topological polar surface area (TPSA) is 87.2 Å². The van der Waals surface area contributed by atoms with Gasteiger partial charge in [0, 0.05) is 26.7 Å². The van der Waals surface area contributed by atoms with E-state index in [2.05, 4.69) is 0 Å². The minimum absolute atomic E-state index is 0.0741. The van der Waals surface area contributed by atoms with E-state index in [0.29, 0.717) is 25.8 Å². The molecule has 1 heterocycles. The van der Waals surface area contributed by atoms with Gasteiger partial charge >= 0.3 is 5.97 Å². The fraction of sp³-hybridized carbons (Fsp3) is 0.923. The van der Waals surface area contributed by atoms with Crippen molar-refractivity contribution in [3.8, 4) is 0 Å². The van der Waals surface area contributed by atoms with Crippen LogP contribution < -0.4 is 0 Å². The Bertz CT molecular complexity index is 458. The Morgan fingerprint density at radius 1 is 1.43 bits per heavy atom. The van der Waals surface area contributed by atoms with Crippen molar-refractivity contribution in [3.63, 3.8) is 0 Å². The molecule has 1 aliphatic heterocycles. The standard InChI is InChI=1S/C13H26N2O5S/c1-13(2,3)20-12(17)11-7-5-9-15(11)21(18,19)14(4)8-6-10-16/h11,16H,5-10H2,1-4H3/t11-/m0/s1. The fourth-order valence-electron chi connectivity index (χ4n) is 2.21. The average Bonchev–Trinajstić information content (AvgIpc) is 2.83. The molecule has 0 unspecified atom stereocenters. The lowest BCUT2D eigenvalue weighted by molar-refractivity contribution is -0.158. The van der Waals surface area contributed by atoms with Gasteiger partial charge in [-0.3, -0.25) is 4.79 Å². The molecule has 1 saturated heterocycles. The lowest BCUT2D eigenvalue weighted by Gasteiger charge is -2.29. The smallest absolute Gasteiger partial charge is 0.325 e. The van der Waals surface area contributed by atoms with E-state index in [1.165, 1.54) is 15.7 Å². The molecule has 21 heavy (non-hydrogen) atoms. The first kappa shape index (κ1) is 18.3. The monoisotopic (exact) mass is 322 g/mol. The van der Waals surface area contributed by atoms with Crippen molar-refractivity contribution in [2.24, 2.45) is 0 Å². The Balaban J connectivity index is 2.83. The average molecular weight is 322 g/mol. The molecule has 8 heteroatoms. The van der Waals surface area contributed by atoms with Crippen molar-refractivity contribution in [3.05, 3.63) is 0 Å². The van der Waals surface area contributed by atoms with Crippen LogP contribution in [0.1, 0.15) is 40.0 Å². The van der Waals surface area contributed by atoms with E-state index in [4.69, 9.17) is 9.84 Å². The maximum absolute atomic E-state index is 12.5. The number of aliphatic hydroxyl groups is 1. The Morgan fingerprint density at radius 2 is 2.05 bits per heavy atom. The maximum atomic E-state index is 12.5. The van der Waals surface area contributed by atoms with Gasteiger partial charge in [0.05, 0.1) is 0 Å². The van der Waals surface area contributed by atoms with Gasteiger partial charge in [0.2, 0.25) is 0 Å². The molecule has 0 radical (unpaired) electrons. The van der Waals surface area contributed by atoms with Gasteiger partial charge in [0.25, 0.3) is 10.2 Å². The van der Waals surface area contributed by atoms with Crippen LogP contribution in [-0.4, -0.2) is 66.5 Å². The first-order chi connectivity index (χ1) is 9.59. The number of hydrogen-bond acceptors (Lipinski definition) is 5. The summed E-state index contributed by atoms with van der Waals surface area (Å²) in [5.74, 6) is -0.501. The Morgan fingerprint density at radius 3 is 2.57 bits per heavy atom. The highest BCUT2D eigenvalue weighted by molar-refractivity contribution is 7.86. The van der Waals surface area contributed by atoms with E-state index < -0.39 is 27.8 Å². The second-order valence-electron chi connectivity index (χ2n) is 6.21. The van der Waals surface area contributed by atoms with Crippen LogP contribution in [0, 0.1) is 0 Å². The van der Waals surface area contributed by atoms with Gasteiger partial charge in [-0.05, 0) is 40.0 Å². The highest BCUT2D eigenvalue weighted by Gasteiger charge is 2.42. The van der Waals surface area contributed by atoms with Crippen LogP contribution in [0.5, 0.6) is 0 Å². The van der Waals surface area contributed by atoms with Gasteiger partial charge in [-0.1, -0.05) is 0 Å². The lowest BCUT2D eigenvalue weighted by Crippen LogP contribution is -2.48.